The molecule has 0 spiro atoms. The third-order valence-electron chi connectivity index (χ3n) is 2.49. The van der Waals surface area contributed by atoms with Crippen molar-refractivity contribution in [3.63, 3.8) is 0 Å². The standard InChI is InChI=1S/C14H19NO3S/c1-4-18-13-7-5-12(6-8-13)15-14(17)9-19-11(3)10(2)16/h5-8,11H,4,9H2,1-3H3,(H,15,17). The molecule has 0 fully saturated rings. The monoisotopic (exact) mass is 281 g/mol. The second-order valence-corrected chi connectivity index (χ2v) is 5.40. The number of carbonyl (C=O) groups is 2. The predicted octanol–water partition coefficient (Wildman–Crippen LogP) is 2.73. The molecule has 0 bridgehead atoms. The molecular weight excluding hydrogens is 262 g/mol. The van der Waals surface area contributed by atoms with E-state index in [-0.39, 0.29) is 22.7 Å². The van der Waals surface area contributed by atoms with Crippen LogP contribution < -0.4 is 10.1 Å². The van der Waals surface area contributed by atoms with Gasteiger partial charge in [-0.05, 0) is 45.0 Å². The minimum atomic E-state index is -0.147. The zero-order chi connectivity index (χ0) is 14.3. The zero-order valence-corrected chi connectivity index (χ0v) is 12.3. The molecule has 0 aliphatic carbocycles. The van der Waals surface area contributed by atoms with Crippen molar-refractivity contribution in [1.82, 2.24) is 0 Å². The lowest BCUT2D eigenvalue weighted by Gasteiger charge is -2.09. The van der Waals surface area contributed by atoms with E-state index < -0.39 is 0 Å². The number of ether oxygens (including phenoxy) is 1. The number of hydrogen-bond acceptors (Lipinski definition) is 4. The van der Waals surface area contributed by atoms with E-state index in [1.807, 2.05) is 19.1 Å². The Kier molecular flexibility index (Phi) is 6.42. The smallest absolute Gasteiger partial charge is 0.234 e. The molecule has 1 amide bonds. The van der Waals surface area contributed by atoms with Gasteiger partial charge in [-0.25, -0.2) is 0 Å². The number of thioether (sulfide) groups is 1. The van der Waals surface area contributed by atoms with Gasteiger partial charge in [-0.1, -0.05) is 0 Å². The van der Waals surface area contributed by atoms with Crippen LogP contribution in [0, 0.1) is 0 Å². The van der Waals surface area contributed by atoms with Crippen molar-refractivity contribution in [3.05, 3.63) is 24.3 Å². The van der Waals surface area contributed by atoms with Crippen LogP contribution in [-0.4, -0.2) is 29.3 Å². The van der Waals surface area contributed by atoms with Crippen LogP contribution in [0.1, 0.15) is 20.8 Å². The van der Waals surface area contributed by atoms with Crippen molar-refractivity contribution in [2.45, 2.75) is 26.0 Å². The first kappa shape index (κ1) is 15.6. The molecule has 1 atom stereocenters. The van der Waals surface area contributed by atoms with Crippen LogP contribution in [0.25, 0.3) is 0 Å². The maximum absolute atomic E-state index is 11.7. The Morgan fingerprint density at radius 3 is 2.47 bits per heavy atom. The Labute approximate surface area is 117 Å². The van der Waals surface area contributed by atoms with Gasteiger partial charge in [-0.3, -0.25) is 9.59 Å². The molecule has 0 heterocycles. The minimum absolute atomic E-state index is 0.0823. The van der Waals surface area contributed by atoms with Gasteiger partial charge in [0.1, 0.15) is 11.5 Å². The molecule has 1 N–H and O–H groups in total. The van der Waals surface area contributed by atoms with E-state index in [4.69, 9.17) is 4.74 Å². The summed E-state index contributed by atoms with van der Waals surface area (Å²) in [5.41, 5.74) is 0.726. The molecule has 0 saturated heterocycles. The quantitative estimate of drug-likeness (QED) is 0.835. The summed E-state index contributed by atoms with van der Waals surface area (Å²) in [5, 5.41) is 2.63. The summed E-state index contributed by atoms with van der Waals surface area (Å²) in [7, 11) is 0. The van der Waals surface area contributed by atoms with Gasteiger partial charge >= 0.3 is 0 Å². The summed E-state index contributed by atoms with van der Waals surface area (Å²) in [6.07, 6.45) is 0. The Morgan fingerprint density at radius 1 is 1.32 bits per heavy atom. The second kappa shape index (κ2) is 7.84. The molecular formula is C14H19NO3S. The third kappa shape index (κ3) is 5.79. The maximum Gasteiger partial charge on any atom is 0.234 e. The largest absolute Gasteiger partial charge is 0.494 e. The summed E-state index contributed by atoms with van der Waals surface area (Å²) in [5.74, 6) is 1.02. The molecule has 0 radical (unpaired) electrons. The van der Waals surface area contributed by atoms with Gasteiger partial charge in [-0.15, -0.1) is 11.8 Å². The van der Waals surface area contributed by atoms with Gasteiger partial charge in [0.15, 0.2) is 0 Å². The van der Waals surface area contributed by atoms with E-state index >= 15 is 0 Å². The molecule has 4 nitrogen and oxygen atoms in total. The van der Waals surface area contributed by atoms with Crippen LogP contribution in [0.3, 0.4) is 0 Å². The average Bonchev–Trinajstić information content (AvgIpc) is 2.38. The van der Waals surface area contributed by atoms with E-state index in [0.717, 1.165) is 11.4 Å². The number of rotatable bonds is 7. The lowest BCUT2D eigenvalue weighted by atomic mass is 10.3. The molecule has 0 aromatic heterocycles. The number of hydrogen-bond donors (Lipinski definition) is 1. The molecule has 0 aliphatic heterocycles. The minimum Gasteiger partial charge on any atom is -0.494 e. The molecule has 19 heavy (non-hydrogen) atoms. The Hall–Kier alpha value is -1.49. The lowest BCUT2D eigenvalue weighted by molar-refractivity contribution is -0.116. The first-order valence-corrected chi connectivity index (χ1v) is 7.22. The molecule has 0 aliphatic rings. The number of anilines is 1. The van der Waals surface area contributed by atoms with Crippen molar-refractivity contribution in [1.29, 1.82) is 0 Å². The molecule has 1 aromatic carbocycles. The van der Waals surface area contributed by atoms with Gasteiger partial charge in [0.2, 0.25) is 5.91 Å². The normalized spacial score (nSPS) is 11.7. The van der Waals surface area contributed by atoms with Crippen molar-refractivity contribution >= 4 is 29.1 Å². The SMILES string of the molecule is CCOc1ccc(NC(=O)CSC(C)C(C)=O)cc1. The predicted molar refractivity (Wildman–Crippen MR) is 78.8 cm³/mol. The zero-order valence-electron chi connectivity index (χ0n) is 11.4. The average molecular weight is 281 g/mol. The number of ketones is 1. The fourth-order valence-electron chi connectivity index (χ4n) is 1.32. The van der Waals surface area contributed by atoms with Crippen molar-refractivity contribution in [2.75, 3.05) is 17.7 Å². The van der Waals surface area contributed by atoms with Gasteiger partial charge in [0.05, 0.1) is 17.6 Å². The fourth-order valence-corrected chi connectivity index (χ4v) is 2.02. The summed E-state index contributed by atoms with van der Waals surface area (Å²) < 4.78 is 5.32. The van der Waals surface area contributed by atoms with Crippen molar-refractivity contribution in [2.24, 2.45) is 0 Å². The van der Waals surface area contributed by atoms with Crippen LogP contribution in [0.2, 0.25) is 0 Å². The molecule has 5 heteroatoms. The second-order valence-electron chi connectivity index (χ2n) is 4.07. The number of benzene rings is 1. The first-order valence-electron chi connectivity index (χ1n) is 6.17. The lowest BCUT2D eigenvalue weighted by Crippen LogP contribution is -2.18. The molecule has 1 unspecified atom stereocenters. The van der Waals surface area contributed by atoms with Crippen LogP contribution in [0.5, 0.6) is 5.75 Å². The van der Waals surface area contributed by atoms with Crippen LogP contribution in [0.15, 0.2) is 24.3 Å². The Morgan fingerprint density at radius 2 is 1.95 bits per heavy atom. The molecule has 1 rings (SSSR count). The van der Waals surface area contributed by atoms with E-state index in [0.29, 0.717) is 6.61 Å². The fraction of sp³-hybridized carbons (Fsp3) is 0.429. The van der Waals surface area contributed by atoms with Gasteiger partial charge < -0.3 is 10.1 Å². The van der Waals surface area contributed by atoms with E-state index in [1.54, 1.807) is 19.1 Å². The Balaban J connectivity index is 2.41. The van der Waals surface area contributed by atoms with Gasteiger partial charge in [0.25, 0.3) is 0 Å². The number of nitrogens with one attached hydrogen (secondary N) is 1. The number of Topliss-reactive ketones (excluding diaryl/α,β-unsaturated/α-hetero) is 1. The van der Waals surface area contributed by atoms with E-state index in [9.17, 15) is 9.59 Å². The summed E-state index contributed by atoms with van der Waals surface area (Å²) in [6.45, 7) is 5.87. The highest BCUT2D eigenvalue weighted by molar-refractivity contribution is 8.01. The van der Waals surface area contributed by atoms with E-state index in [2.05, 4.69) is 5.32 Å². The molecule has 104 valence electrons. The summed E-state index contributed by atoms with van der Waals surface area (Å²) in [4.78, 5) is 22.7. The highest BCUT2D eigenvalue weighted by Crippen LogP contribution is 2.16. The number of carbonyl (C=O) groups excluding carboxylic acids is 2. The van der Waals surface area contributed by atoms with Gasteiger partial charge in [0, 0.05) is 5.69 Å². The maximum atomic E-state index is 11.7. The highest BCUT2D eigenvalue weighted by Gasteiger charge is 2.11. The van der Waals surface area contributed by atoms with Crippen molar-refractivity contribution < 1.29 is 14.3 Å². The summed E-state index contributed by atoms with van der Waals surface area (Å²) >= 11 is 1.34. The third-order valence-corrected chi connectivity index (χ3v) is 3.75. The van der Waals surface area contributed by atoms with Crippen molar-refractivity contribution in [3.8, 4) is 5.75 Å². The topological polar surface area (TPSA) is 55.4 Å². The Bertz CT molecular complexity index is 431. The number of amides is 1. The van der Waals surface area contributed by atoms with Crippen LogP contribution >= 0.6 is 11.8 Å². The van der Waals surface area contributed by atoms with Crippen LogP contribution in [0.4, 0.5) is 5.69 Å². The van der Waals surface area contributed by atoms with E-state index in [1.165, 1.54) is 18.7 Å². The molecule has 1 aromatic rings. The summed E-state index contributed by atoms with van der Waals surface area (Å²) in [6, 6.07) is 7.21. The first-order chi connectivity index (χ1) is 9.02. The highest BCUT2D eigenvalue weighted by atomic mass is 32.2. The van der Waals surface area contributed by atoms with Gasteiger partial charge in [-0.2, -0.15) is 0 Å². The molecule has 0 saturated carbocycles. The van der Waals surface area contributed by atoms with Crippen LogP contribution in [-0.2, 0) is 9.59 Å².